The van der Waals surface area contributed by atoms with Crippen LogP contribution >= 0.6 is 23.2 Å². The highest BCUT2D eigenvalue weighted by Crippen LogP contribution is 2.65. The lowest BCUT2D eigenvalue weighted by atomic mass is 9.44. The lowest BCUT2D eigenvalue weighted by Crippen LogP contribution is -2.52. The molecular weight excluding hydrogens is 523 g/mol. The molecule has 3 saturated carbocycles. The van der Waals surface area contributed by atoms with E-state index in [1.807, 2.05) is 0 Å². The lowest BCUT2D eigenvalue weighted by molar-refractivity contribution is -0.0866. The van der Waals surface area contributed by atoms with Crippen LogP contribution in [0.1, 0.15) is 122 Å². The van der Waals surface area contributed by atoms with Crippen LogP contribution in [0, 0.1) is 46.3 Å². The standard InChI is InChI=1S/C35H50Cl2O2/c1-22(2)7-6-8-23(3)24-9-14-30-28-12-10-25-19-27(39-33(38)29-13-11-26(36)20-32(29)37)15-18-35(25,5)31(28)16-17-34(30,4)21-24/h10-11,13,20,22-24,27-28,30-31H,6-9,12,14-19,21H2,1-5H3/t23-,24+,27+,28-,30+,31-,34-,35-/m0/s1. The van der Waals surface area contributed by atoms with Crippen molar-refractivity contribution in [3.8, 4) is 0 Å². The van der Waals surface area contributed by atoms with Gasteiger partial charge in [0, 0.05) is 11.4 Å². The summed E-state index contributed by atoms with van der Waals surface area (Å²) in [6.45, 7) is 12.4. The van der Waals surface area contributed by atoms with Crippen LogP contribution < -0.4 is 0 Å². The average molecular weight is 574 g/mol. The molecular formula is C35H50Cl2O2. The van der Waals surface area contributed by atoms with E-state index in [2.05, 4.69) is 40.7 Å². The van der Waals surface area contributed by atoms with Crippen LogP contribution in [0.15, 0.2) is 29.8 Å². The number of esters is 1. The van der Waals surface area contributed by atoms with Gasteiger partial charge in [0.25, 0.3) is 0 Å². The summed E-state index contributed by atoms with van der Waals surface area (Å²) in [4.78, 5) is 12.9. The Hall–Kier alpha value is -0.990. The Labute approximate surface area is 247 Å². The van der Waals surface area contributed by atoms with Gasteiger partial charge in [0.1, 0.15) is 6.10 Å². The van der Waals surface area contributed by atoms with E-state index < -0.39 is 0 Å². The minimum Gasteiger partial charge on any atom is -0.458 e. The predicted octanol–water partition coefficient (Wildman–Crippen LogP) is 11.0. The zero-order valence-corrected chi connectivity index (χ0v) is 26.4. The molecule has 5 rings (SSSR count). The highest BCUT2D eigenvalue weighted by Gasteiger charge is 2.56. The maximum absolute atomic E-state index is 12.9. The topological polar surface area (TPSA) is 26.3 Å². The van der Waals surface area contributed by atoms with Gasteiger partial charge in [0.05, 0.1) is 10.6 Å². The van der Waals surface area contributed by atoms with Crippen molar-refractivity contribution in [3.05, 3.63) is 45.5 Å². The smallest absolute Gasteiger partial charge is 0.339 e. The van der Waals surface area contributed by atoms with Gasteiger partial charge in [0.15, 0.2) is 0 Å². The lowest BCUT2D eigenvalue weighted by Gasteiger charge is -2.61. The van der Waals surface area contributed by atoms with Gasteiger partial charge in [-0.25, -0.2) is 4.79 Å². The van der Waals surface area contributed by atoms with E-state index in [0.29, 0.717) is 21.0 Å². The third-order valence-corrected chi connectivity index (χ3v) is 12.4. The maximum atomic E-state index is 12.9. The second kappa shape index (κ2) is 11.7. The molecule has 39 heavy (non-hydrogen) atoms. The number of hydrogen-bond donors (Lipinski definition) is 0. The zero-order valence-electron chi connectivity index (χ0n) is 24.9. The zero-order chi connectivity index (χ0) is 27.9. The molecule has 0 aliphatic heterocycles. The fourth-order valence-corrected chi connectivity index (χ4v) is 9.96. The van der Waals surface area contributed by atoms with Crippen molar-refractivity contribution in [3.63, 3.8) is 0 Å². The van der Waals surface area contributed by atoms with Crippen LogP contribution in [0.4, 0.5) is 0 Å². The fourth-order valence-electron chi connectivity index (χ4n) is 9.47. The Kier molecular flexibility index (Phi) is 8.86. The molecule has 0 N–H and O–H groups in total. The second-order valence-corrected chi connectivity index (χ2v) is 15.5. The number of carbonyl (C=O) groups is 1. The van der Waals surface area contributed by atoms with Crippen LogP contribution in [0.2, 0.25) is 10.0 Å². The largest absolute Gasteiger partial charge is 0.458 e. The molecule has 2 nitrogen and oxygen atoms in total. The summed E-state index contributed by atoms with van der Waals surface area (Å²) < 4.78 is 6.00. The average Bonchev–Trinajstić information content (AvgIpc) is 2.87. The molecule has 0 heterocycles. The Bertz CT molecular complexity index is 1080. The molecule has 4 aliphatic carbocycles. The van der Waals surface area contributed by atoms with E-state index in [-0.39, 0.29) is 17.5 Å². The van der Waals surface area contributed by atoms with Crippen molar-refractivity contribution in [2.24, 2.45) is 46.3 Å². The van der Waals surface area contributed by atoms with Gasteiger partial charge in [-0.3, -0.25) is 0 Å². The van der Waals surface area contributed by atoms with Gasteiger partial charge in [-0.2, -0.15) is 0 Å². The van der Waals surface area contributed by atoms with Gasteiger partial charge in [-0.15, -0.1) is 0 Å². The Morgan fingerprint density at radius 2 is 1.82 bits per heavy atom. The number of carbonyl (C=O) groups excluding carboxylic acids is 1. The van der Waals surface area contributed by atoms with E-state index in [4.69, 9.17) is 27.9 Å². The first kappa shape index (κ1) is 29.5. The number of halogens is 2. The molecule has 1 aromatic rings. The SMILES string of the molecule is CC(C)CCC[C@H](C)[C@@H]1CC[C@@H]2[C@@H]3CC=C4C[C@H](OC(=O)c5ccc(Cl)cc5Cl)CC[C@]4(C)[C@H]3CC[C@@]2(C)C1. The van der Waals surface area contributed by atoms with Crippen LogP contribution in [-0.2, 0) is 4.74 Å². The highest BCUT2D eigenvalue weighted by molar-refractivity contribution is 6.36. The minimum atomic E-state index is -0.330. The van der Waals surface area contributed by atoms with Crippen molar-refractivity contribution in [2.75, 3.05) is 0 Å². The summed E-state index contributed by atoms with van der Waals surface area (Å²) in [5.41, 5.74) is 2.73. The molecule has 3 fully saturated rings. The van der Waals surface area contributed by atoms with Crippen LogP contribution in [-0.4, -0.2) is 12.1 Å². The monoisotopic (exact) mass is 572 g/mol. The number of hydrogen-bond acceptors (Lipinski definition) is 2. The van der Waals surface area contributed by atoms with E-state index >= 15 is 0 Å². The normalized spacial score (nSPS) is 36.8. The van der Waals surface area contributed by atoms with Gasteiger partial charge in [-0.05, 0) is 116 Å². The fraction of sp³-hybridized carbons (Fsp3) is 0.743. The highest BCUT2D eigenvalue weighted by atomic mass is 35.5. The molecule has 0 bridgehead atoms. The Balaban J connectivity index is 1.23. The predicted molar refractivity (Wildman–Crippen MR) is 163 cm³/mol. The van der Waals surface area contributed by atoms with E-state index in [0.717, 1.165) is 54.8 Å². The summed E-state index contributed by atoms with van der Waals surface area (Å²) >= 11 is 12.3. The minimum absolute atomic E-state index is 0.0680. The van der Waals surface area contributed by atoms with Crippen molar-refractivity contribution in [1.29, 1.82) is 0 Å². The van der Waals surface area contributed by atoms with Crippen LogP contribution in [0.25, 0.3) is 0 Å². The molecule has 0 radical (unpaired) electrons. The molecule has 4 heteroatoms. The summed E-state index contributed by atoms with van der Waals surface area (Å²) in [6.07, 6.45) is 17.9. The van der Waals surface area contributed by atoms with Crippen molar-refractivity contribution >= 4 is 29.2 Å². The van der Waals surface area contributed by atoms with E-state index in [9.17, 15) is 4.79 Å². The molecule has 216 valence electrons. The first-order valence-electron chi connectivity index (χ1n) is 15.9. The van der Waals surface area contributed by atoms with Crippen molar-refractivity contribution in [2.45, 2.75) is 118 Å². The summed E-state index contributed by atoms with van der Waals surface area (Å²) in [6, 6.07) is 4.98. The molecule has 0 unspecified atom stereocenters. The first-order chi connectivity index (χ1) is 18.5. The molecule has 0 amide bonds. The van der Waals surface area contributed by atoms with Gasteiger partial charge < -0.3 is 4.74 Å². The van der Waals surface area contributed by atoms with Crippen molar-refractivity contribution < 1.29 is 9.53 Å². The molecule has 8 atom stereocenters. The third-order valence-electron chi connectivity index (χ3n) is 11.8. The molecule has 1 aromatic carbocycles. The Morgan fingerprint density at radius 1 is 1.03 bits per heavy atom. The summed E-state index contributed by atoms with van der Waals surface area (Å²) in [5, 5.41) is 0.887. The van der Waals surface area contributed by atoms with Gasteiger partial charge >= 0.3 is 5.97 Å². The summed E-state index contributed by atoms with van der Waals surface area (Å²) in [5.74, 6) is 4.75. The van der Waals surface area contributed by atoms with Gasteiger partial charge in [0.2, 0.25) is 0 Å². The molecule has 0 aromatic heterocycles. The number of ether oxygens (including phenoxy) is 1. The number of allylic oxidation sites excluding steroid dienone is 1. The van der Waals surface area contributed by atoms with E-state index in [1.165, 1.54) is 57.8 Å². The molecule has 4 aliphatic rings. The number of benzene rings is 1. The molecule has 0 spiro atoms. The van der Waals surface area contributed by atoms with E-state index in [1.54, 1.807) is 23.8 Å². The number of rotatable bonds is 7. The summed E-state index contributed by atoms with van der Waals surface area (Å²) in [7, 11) is 0. The second-order valence-electron chi connectivity index (χ2n) is 14.7. The Morgan fingerprint density at radius 3 is 2.56 bits per heavy atom. The first-order valence-corrected chi connectivity index (χ1v) is 16.6. The maximum Gasteiger partial charge on any atom is 0.339 e. The number of fused-ring (bicyclic) bond motifs is 5. The quantitative estimate of drug-likeness (QED) is 0.240. The third kappa shape index (κ3) is 5.99. The molecule has 0 saturated heterocycles. The van der Waals surface area contributed by atoms with Gasteiger partial charge in [-0.1, -0.05) is 88.7 Å². The van der Waals surface area contributed by atoms with Crippen LogP contribution in [0.5, 0.6) is 0 Å². The van der Waals surface area contributed by atoms with Crippen molar-refractivity contribution in [1.82, 2.24) is 0 Å². The van der Waals surface area contributed by atoms with Crippen LogP contribution in [0.3, 0.4) is 0 Å².